The maximum Gasteiger partial charge on any atom is 0.238 e. The Kier molecular flexibility index (Phi) is 6.06. The summed E-state index contributed by atoms with van der Waals surface area (Å²) in [7, 11) is 1.63. The summed E-state index contributed by atoms with van der Waals surface area (Å²) in [4.78, 5) is 14.4. The summed E-state index contributed by atoms with van der Waals surface area (Å²) in [5, 5.41) is 6.40. The first-order valence-electron chi connectivity index (χ1n) is 7.61. The highest BCUT2D eigenvalue weighted by molar-refractivity contribution is 5.92. The number of anilines is 1. The summed E-state index contributed by atoms with van der Waals surface area (Å²) in [5.74, 6) is 2.32. The minimum atomic E-state index is 0. The molecule has 0 bridgehead atoms. The largest absolute Gasteiger partial charge is 0.497 e. The second-order valence-electron chi connectivity index (χ2n) is 5.98. The molecule has 2 aliphatic heterocycles. The van der Waals surface area contributed by atoms with Gasteiger partial charge in [-0.3, -0.25) is 9.69 Å². The molecule has 0 aliphatic carbocycles. The lowest BCUT2D eigenvalue weighted by molar-refractivity contribution is -0.117. The molecule has 3 rings (SSSR count). The number of nitrogens with one attached hydrogen (secondary N) is 2. The zero-order valence-electron chi connectivity index (χ0n) is 12.9. The Morgan fingerprint density at radius 3 is 3.05 bits per heavy atom. The molecule has 2 fully saturated rings. The Labute approximate surface area is 137 Å². The normalized spacial score (nSPS) is 24.2. The Morgan fingerprint density at radius 2 is 2.23 bits per heavy atom. The first-order chi connectivity index (χ1) is 10.2. The number of rotatable bonds is 4. The molecule has 2 N–H and O–H groups in total. The van der Waals surface area contributed by atoms with Crippen LogP contribution < -0.4 is 15.4 Å². The van der Waals surface area contributed by atoms with Crippen molar-refractivity contribution in [1.82, 2.24) is 10.2 Å². The van der Waals surface area contributed by atoms with Gasteiger partial charge in [0, 0.05) is 18.3 Å². The third kappa shape index (κ3) is 4.12. The first kappa shape index (κ1) is 17.1. The number of benzene rings is 1. The molecule has 5 nitrogen and oxygen atoms in total. The fourth-order valence-electron chi connectivity index (χ4n) is 3.36. The zero-order valence-corrected chi connectivity index (χ0v) is 13.7. The molecule has 122 valence electrons. The monoisotopic (exact) mass is 325 g/mol. The van der Waals surface area contributed by atoms with E-state index in [1.54, 1.807) is 7.11 Å². The second kappa shape index (κ2) is 7.81. The van der Waals surface area contributed by atoms with E-state index in [2.05, 4.69) is 15.5 Å². The summed E-state index contributed by atoms with van der Waals surface area (Å²) < 4.78 is 5.17. The van der Waals surface area contributed by atoms with Gasteiger partial charge in [-0.15, -0.1) is 12.4 Å². The molecule has 1 amide bonds. The van der Waals surface area contributed by atoms with Gasteiger partial charge in [0.15, 0.2) is 0 Å². The van der Waals surface area contributed by atoms with Gasteiger partial charge in [-0.2, -0.15) is 0 Å². The van der Waals surface area contributed by atoms with Crippen LogP contribution in [0.15, 0.2) is 24.3 Å². The third-order valence-electron chi connectivity index (χ3n) is 4.51. The minimum Gasteiger partial charge on any atom is -0.497 e. The van der Waals surface area contributed by atoms with Crippen LogP contribution in [0.5, 0.6) is 5.75 Å². The fraction of sp³-hybridized carbons (Fsp3) is 0.562. The van der Waals surface area contributed by atoms with Gasteiger partial charge in [-0.1, -0.05) is 6.07 Å². The number of carbonyl (C=O) groups excluding carboxylic acids is 1. The quantitative estimate of drug-likeness (QED) is 0.883. The Balaban J connectivity index is 0.00000176. The molecule has 22 heavy (non-hydrogen) atoms. The van der Waals surface area contributed by atoms with Gasteiger partial charge in [0.25, 0.3) is 0 Å². The Bertz CT molecular complexity index is 512. The van der Waals surface area contributed by atoms with E-state index in [0.29, 0.717) is 12.5 Å². The van der Waals surface area contributed by atoms with Crippen molar-refractivity contribution in [1.29, 1.82) is 0 Å². The Morgan fingerprint density at radius 1 is 1.41 bits per heavy atom. The van der Waals surface area contributed by atoms with Crippen molar-refractivity contribution in [3.05, 3.63) is 24.3 Å². The van der Waals surface area contributed by atoms with E-state index in [-0.39, 0.29) is 18.3 Å². The average Bonchev–Trinajstić information content (AvgIpc) is 2.95. The second-order valence-corrected chi connectivity index (χ2v) is 5.98. The summed E-state index contributed by atoms with van der Waals surface area (Å²) in [5.41, 5.74) is 0.789. The smallest absolute Gasteiger partial charge is 0.238 e. The molecule has 2 heterocycles. The highest BCUT2D eigenvalue weighted by Gasteiger charge is 2.33. The van der Waals surface area contributed by atoms with E-state index in [1.807, 2.05) is 24.3 Å². The van der Waals surface area contributed by atoms with Crippen molar-refractivity contribution in [3.8, 4) is 5.75 Å². The molecule has 0 saturated carbocycles. The molecule has 0 spiro atoms. The fourth-order valence-corrected chi connectivity index (χ4v) is 3.36. The van der Waals surface area contributed by atoms with E-state index >= 15 is 0 Å². The molecular weight excluding hydrogens is 302 g/mol. The van der Waals surface area contributed by atoms with Crippen molar-refractivity contribution >= 4 is 24.0 Å². The molecular formula is C16H24ClN3O2. The molecule has 2 atom stereocenters. The predicted octanol–water partition coefficient (Wildman–Crippen LogP) is 1.60. The van der Waals surface area contributed by atoms with E-state index < -0.39 is 0 Å². The molecule has 1 aromatic rings. The number of nitrogens with zero attached hydrogens (tertiary/aromatic N) is 1. The van der Waals surface area contributed by atoms with E-state index in [1.165, 1.54) is 6.42 Å². The minimum absolute atomic E-state index is 0. The molecule has 0 aromatic heterocycles. The number of methoxy groups -OCH3 is 1. The number of hydrogen-bond donors (Lipinski definition) is 2. The van der Waals surface area contributed by atoms with Crippen molar-refractivity contribution in [2.75, 3.05) is 45.2 Å². The number of amides is 1. The van der Waals surface area contributed by atoms with Crippen LogP contribution in [-0.4, -0.2) is 50.6 Å². The summed E-state index contributed by atoms with van der Waals surface area (Å²) in [6.07, 6.45) is 1.20. The van der Waals surface area contributed by atoms with Gasteiger partial charge < -0.3 is 15.4 Å². The van der Waals surface area contributed by atoms with Crippen LogP contribution in [0, 0.1) is 11.8 Å². The van der Waals surface area contributed by atoms with Crippen LogP contribution in [0.25, 0.3) is 0 Å². The number of hydrogen-bond acceptors (Lipinski definition) is 4. The lowest BCUT2D eigenvalue weighted by Gasteiger charge is -2.33. The maximum absolute atomic E-state index is 12.2. The topological polar surface area (TPSA) is 53.6 Å². The van der Waals surface area contributed by atoms with Crippen LogP contribution in [0.3, 0.4) is 0 Å². The van der Waals surface area contributed by atoms with Crippen molar-refractivity contribution < 1.29 is 9.53 Å². The van der Waals surface area contributed by atoms with E-state index in [0.717, 1.165) is 43.5 Å². The molecule has 6 heteroatoms. The SMILES string of the molecule is COc1cccc(NC(=O)CN2CCC3CNCC3C2)c1.Cl. The highest BCUT2D eigenvalue weighted by atomic mass is 35.5. The van der Waals surface area contributed by atoms with Gasteiger partial charge >= 0.3 is 0 Å². The Hall–Kier alpha value is -1.30. The van der Waals surface area contributed by atoms with Crippen molar-refractivity contribution in [2.45, 2.75) is 6.42 Å². The number of fused-ring (bicyclic) bond motifs is 1. The van der Waals surface area contributed by atoms with Gasteiger partial charge in [-0.25, -0.2) is 0 Å². The number of carbonyl (C=O) groups is 1. The number of ether oxygens (including phenoxy) is 1. The van der Waals surface area contributed by atoms with Gasteiger partial charge in [0.05, 0.1) is 13.7 Å². The van der Waals surface area contributed by atoms with E-state index in [9.17, 15) is 4.79 Å². The molecule has 2 unspecified atom stereocenters. The zero-order chi connectivity index (χ0) is 14.7. The third-order valence-corrected chi connectivity index (χ3v) is 4.51. The average molecular weight is 326 g/mol. The first-order valence-corrected chi connectivity index (χ1v) is 7.61. The lowest BCUT2D eigenvalue weighted by atomic mass is 9.89. The van der Waals surface area contributed by atoms with E-state index in [4.69, 9.17) is 4.74 Å². The van der Waals surface area contributed by atoms with Crippen LogP contribution >= 0.6 is 12.4 Å². The number of likely N-dealkylation sites (tertiary alicyclic amines) is 1. The highest BCUT2D eigenvalue weighted by Crippen LogP contribution is 2.26. The molecule has 0 radical (unpaired) electrons. The van der Waals surface area contributed by atoms with Crippen LogP contribution in [-0.2, 0) is 4.79 Å². The summed E-state index contributed by atoms with van der Waals surface area (Å²) >= 11 is 0. The molecule has 1 aromatic carbocycles. The number of piperidine rings is 1. The van der Waals surface area contributed by atoms with Crippen LogP contribution in [0.2, 0.25) is 0 Å². The predicted molar refractivity (Wildman–Crippen MR) is 89.8 cm³/mol. The standard InChI is InChI=1S/C16H23N3O2.ClH/c1-21-15-4-2-3-14(7-15)18-16(20)11-19-6-5-12-8-17-9-13(12)10-19;/h2-4,7,12-13,17H,5-6,8-11H2,1H3,(H,18,20);1H. The van der Waals surface area contributed by atoms with Crippen molar-refractivity contribution in [3.63, 3.8) is 0 Å². The molecule has 2 aliphatic rings. The molecule has 2 saturated heterocycles. The van der Waals surface area contributed by atoms with Gasteiger partial charge in [0.1, 0.15) is 5.75 Å². The summed E-state index contributed by atoms with van der Waals surface area (Å²) in [6.45, 7) is 4.77. The van der Waals surface area contributed by atoms with Crippen LogP contribution in [0.4, 0.5) is 5.69 Å². The van der Waals surface area contributed by atoms with Gasteiger partial charge in [-0.05, 0) is 50.0 Å². The maximum atomic E-state index is 12.2. The van der Waals surface area contributed by atoms with Crippen molar-refractivity contribution in [2.24, 2.45) is 11.8 Å². The summed E-state index contributed by atoms with van der Waals surface area (Å²) in [6, 6.07) is 7.47. The van der Waals surface area contributed by atoms with Crippen LogP contribution in [0.1, 0.15) is 6.42 Å². The number of halogens is 1. The van der Waals surface area contributed by atoms with Gasteiger partial charge in [0.2, 0.25) is 5.91 Å². The lowest BCUT2D eigenvalue weighted by Crippen LogP contribution is -2.43.